The van der Waals surface area contributed by atoms with E-state index in [1.54, 1.807) is 0 Å². The molecule has 0 bridgehead atoms. The van der Waals surface area contributed by atoms with E-state index in [1.165, 1.54) is 0 Å². The van der Waals surface area contributed by atoms with Crippen LogP contribution in [-0.2, 0) is 14.4 Å². The third-order valence-electron chi connectivity index (χ3n) is 0. The van der Waals surface area contributed by atoms with Gasteiger partial charge in [0.05, 0.1) is 0 Å². The van der Waals surface area contributed by atoms with Gasteiger partial charge >= 0.3 is 0 Å². The van der Waals surface area contributed by atoms with Crippen molar-refractivity contribution in [2.75, 3.05) is 0 Å². The van der Waals surface area contributed by atoms with Crippen LogP contribution in [0.2, 0.25) is 0 Å². The molecule has 0 saturated heterocycles. The zero-order valence-electron chi connectivity index (χ0n) is 5.04. The molecule has 0 rings (SSSR count). The van der Waals surface area contributed by atoms with Gasteiger partial charge in [-0.1, -0.05) is 44.6 Å². The smallest absolute Gasteiger partial charge is 0.222 e. The lowest BCUT2D eigenvalue weighted by Crippen LogP contribution is -1.16. The Hall–Kier alpha value is -1.28. The van der Waals surface area contributed by atoms with Crippen molar-refractivity contribution in [2.45, 2.75) is 44.6 Å². The molecule has 0 saturated carbocycles. The molecule has 0 fully saturated rings. The minimum atomic E-state index is 0. The molecule has 0 aromatic rings. The summed E-state index contributed by atoms with van der Waals surface area (Å²) in [6, 6.07) is 0. The highest BCUT2D eigenvalue weighted by Crippen LogP contribution is 0.874. The van der Waals surface area contributed by atoms with E-state index in [0.29, 0.717) is 0 Å². The summed E-state index contributed by atoms with van der Waals surface area (Å²) in [6.07, 6.45) is 2.25. The first-order valence-corrected chi connectivity index (χ1v) is 1.36. The Labute approximate surface area is 119 Å². The maximum Gasteiger partial charge on any atom is 0.231 e. The molecular weight excluding hydrogens is 269 g/mol. The van der Waals surface area contributed by atoms with Crippen molar-refractivity contribution in [3.05, 3.63) is 0 Å². The predicted molar refractivity (Wildman–Crippen MR) is 80.1 cm³/mol. The number of isocyanates is 3. The number of nitrogens with one attached hydrogen (secondary N) is 3. The molecule has 0 aliphatic carbocycles. The zero-order valence-corrected chi connectivity index (χ0v) is 6.67. The maximum absolute atomic E-state index is 8.35. The Bertz CT molecular complexity index is 121. The largest absolute Gasteiger partial charge is 0.231 e. The van der Waals surface area contributed by atoms with Gasteiger partial charge in [0.15, 0.2) is 0 Å². The molecule has 17 heavy (non-hydrogen) atoms. The number of carbonyl (C=O) groups excluding carboxylic acids is 3. The highest BCUT2D eigenvalue weighted by atomic mass is 35.5. The second-order valence-corrected chi connectivity index (χ2v) is 0.306. The molecule has 0 heterocycles. The summed E-state index contributed by atoms with van der Waals surface area (Å²) in [4.78, 5) is 25.0. The molecule has 3 N–H and O–H groups in total. The molecule has 0 amide bonds. The summed E-state index contributed by atoms with van der Waals surface area (Å²) in [6.45, 7) is 0. The lowest BCUT2D eigenvalue weighted by atomic mass is 11.7. The van der Waals surface area contributed by atoms with Crippen LogP contribution in [0.1, 0.15) is 44.6 Å². The Kier molecular flexibility index (Phi) is 8420. The van der Waals surface area contributed by atoms with E-state index in [-0.39, 0.29) is 69.4 Å². The van der Waals surface area contributed by atoms with E-state index < -0.39 is 0 Å². The van der Waals surface area contributed by atoms with Crippen molar-refractivity contribution in [1.29, 1.82) is 16.2 Å². The third kappa shape index (κ3) is 1450. The number of rotatable bonds is 0. The van der Waals surface area contributed by atoms with E-state index >= 15 is 0 Å². The first-order chi connectivity index (χ1) is 4.24. The molecular formula is C9H29Cl2N3O3. The van der Waals surface area contributed by atoms with Crippen molar-refractivity contribution in [2.24, 2.45) is 0 Å². The summed E-state index contributed by atoms with van der Waals surface area (Å²) in [5.41, 5.74) is 0. The Morgan fingerprint density at radius 3 is 0.471 bits per heavy atom. The molecule has 0 unspecified atom stereocenters. The Morgan fingerprint density at radius 2 is 0.471 bits per heavy atom. The quantitative estimate of drug-likeness (QED) is 0.454. The third-order valence-corrected chi connectivity index (χ3v) is 0. The van der Waals surface area contributed by atoms with E-state index in [0.717, 1.165) is 18.2 Å². The molecule has 112 valence electrons. The van der Waals surface area contributed by atoms with Crippen LogP contribution in [0.25, 0.3) is 0 Å². The van der Waals surface area contributed by atoms with E-state index in [4.69, 9.17) is 30.6 Å². The topological polar surface area (TPSA) is 123 Å². The molecule has 6 nitrogen and oxygen atoms in total. The van der Waals surface area contributed by atoms with Crippen LogP contribution in [0.3, 0.4) is 0 Å². The molecule has 8 heteroatoms. The fraction of sp³-hybridized carbons (Fsp3) is 0.667. The second-order valence-electron chi connectivity index (χ2n) is 0.306. The second kappa shape index (κ2) is 937. The van der Waals surface area contributed by atoms with Crippen LogP contribution >= 0.6 is 24.8 Å². The predicted octanol–water partition coefficient (Wildman–Crippen LogP) is 4.36. The molecule has 0 aliphatic rings. The minimum absolute atomic E-state index is 0. The maximum atomic E-state index is 8.35. The van der Waals surface area contributed by atoms with Crippen molar-refractivity contribution in [3.8, 4) is 0 Å². The summed E-state index contributed by atoms with van der Waals surface area (Å²) in [5, 5.41) is 16.2. The first kappa shape index (κ1) is 153. The van der Waals surface area contributed by atoms with Crippen LogP contribution in [0.15, 0.2) is 0 Å². The molecule has 0 aromatic heterocycles. The molecule has 0 aromatic carbocycles. The summed E-state index contributed by atoms with van der Waals surface area (Å²) in [7, 11) is 0. The van der Waals surface area contributed by atoms with Crippen LogP contribution in [0.5, 0.6) is 0 Å². The molecule has 0 radical (unpaired) electrons. The van der Waals surface area contributed by atoms with Crippen LogP contribution in [0, 0.1) is 16.2 Å². The molecule has 0 aliphatic heterocycles. The number of halogens is 2. The average molecular weight is 298 g/mol. The molecule has 0 atom stereocenters. The highest BCUT2D eigenvalue weighted by Gasteiger charge is 1.04. The van der Waals surface area contributed by atoms with Gasteiger partial charge < -0.3 is 0 Å². The summed E-state index contributed by atoms with van der Waals surface area (Å²) >= 11 is 0. The monoisotopic (exact) mass is 297 g/mol. The minimum Gasteiger partial charge on any atom is -0.222 e. The first-order valence-electron chi connectivity index (χ1n) is 1.36. The van der Waals surface area contributed by atoms with Gasteiger partial charge in [-0.3, -0.25) is 0 Å². The van der Waals surface area contributed by atoms with Gasteiger partial charge in [0.1, 0.15) is 0 Å². The fourth-order valence-corrected chi connectivity index (χ4v) is 0. The van der Waals surface area contributed by atoms with Gasteiger partial charge in [-0.05, 0) is 0 Å². The Balaban J connectivity index is -0.00000000286. The van der Waals surface area contributed by atoms with Gasteiger partial charge in [-0.15, -0.1) is 24.8 Å². The lowest BCUT2D eigenvalue weighted by Gasteiger charge is -1.02. The highest BCUT2D eigenvalue weighted by molar-refractivity contribution is 5.85. The lowest BCUT2D eigenvalue weighted by molar-refractivity contribution is 0.562. The summed E-state index contributed by atoms with van der Waals surface area (Å²) in [5.74, 6) is 0. The van der Waals surface area contributed by atoms with Crippen molar-refractivity contribution >= 4 is 43.1 Å². The van der Waals surface area contributed by atoms with Crippen molar-refractivity contribution in [3.63, 3.8) is 0 Å². The van der Waals surface area contributed by atoms with Crippen molar-refractivity contribution < 1.29 is 14.4 Å². The Morgan fingerprint density at radius 1 is 0.471 bits per heavy atom. The van der Waals surface area contributed by atoms with Crippen LogP contribution in [0.4, 0.5) is 0 Å². The van der Waals surface area contributed by atoms with Crippen LogP contribution in [-0.4, -0.2) is 18.2 Å². The molecule has 0 spiro atoms. The van der Waals surface area contributed by atoms with E-state index in [2.05, 4.69) is 0 Å². The SMILES string of the molecule is C.C.C.C.C.C.Cl.Cl.N=C=O.N=C=O.N=C=O. The fourth-order valence-electron chi connectivity index (χ4n) is 0. The standard InChI is InChI=1S/3CHNO.6CH4.2ClH/c3*2-1-3;;;;;;;;/h3*2H;6*1H4;2*1H. The van der Waals surface area contributed by atoms with Gasteiger partial charge in [0.2, 0.25) is 18.2 Å². The van der Waals surface area contributed by atoms with E-state index in [9.17, 15) is 0 Å². The van der Waals surface area contributed by atoms with Gasteiger partial charge in [0, 0.05) is 0 Å². The normalized spacial score (nSPS) is 1.41. The van der Waals surface area contributed by atoms with Gasteiger partial charge in [0.25, 0.3) is 0 Å². The number of hydrogen-bond donors (Lipinski definition) is 3. The summed E-state index contributed by atoms with van der Waals surface area (Å²) < 4.78 is 0. The van der Waals surface area contributed by atoms with Crippen LogP contribution < -0.4 is 0 Å². The zero-order chi connectivity index (χ0) is 8.12. The van der Waals surface area contributed by atoms with Gasteiger partial charge in [-0.2, -0.15) is 0 Å². The van der Waals surface area contributed by atoms with E-state index in [1.807, 2.05) is 0 Å². The van der Waals surface area contributed by atoms with Crippen molar-refractivity contribution in [1.82, 2.24) is 0 Å². The average Bonchev–Trinajstić information content (AvgIpc) is 1.70. The number of hydrogen-bond acceptors (Lipinski definition) is 6. The van der Waals surface area contributed by atoms with Gasteiger partial charge in [-0.25, -0.2) is 30.6 Å².